The third-order valence-corrected chi connectivity index (χ3v) is 4.60. The molecule has 1 aromatic carbocycles. The van der Waals surface area contributed by atoms with Gasteiger partial charge >= 0.3 is 6.03 Å². The molecule has 0 unspecified atom stereocenters. The zero-order chi connectivity index (χ0) is 16.1. The number of likely N-dealkylation sites (tertiary alicyclic amines) is 1. The molecule has 2 fully saturated rings. The van der Waals surface area contributed by atoms with Crippen molar-refractivity contribution in [2.24, 2.45) is 5.92 Å². The van der Waals surface area contributed by atoms with Gasteiger partial charge in [-0.2, -0.15) is 0 Å². The van der Waals surface area contributed by atoms with Gasteiger partial charge < -0.3 is 15.5 Å². The van der Waals surface area contributed by atoms with Crippen molar-refractivity contribution in [1.82, 2.24) is 15.5 Å². The Hall–Kier alpha value is -2.04. The second-order valence-electron chi connectivity index (χ2n) is 6.46. The monoisotopic (exact) mass is 315 g/mol. The van der Waals surface area contributed by atoms with Crippen LogP contribution in [0.4, 0.5) is 4.79 Å². The van der Waals surface area contributed by atoms with Gasteiger partial charge in [0.15, 0.2) is 0 Å². The number of amides is 3. The highest BCUT2D eigenvalue weighted by Gasteiger charge is 2.33. The molecule has 5 nitrogen and oxygen atoms in total. The highest BCUT2D eigenvalue weighted by atomic mass is 16.2. The fourth-order valence-corrected chi connectivity index (χ4v) is 3.17. The first kappa shape index (κ1) is 15.8. The van der Waals surface area contributed by atoms with Gasteiger partial charge in [0, 0.05) is 26.1 Å². The van der Waals surface area contributed by atoms with Crippen molar-refractivity contribution in [3.8, 4) is 0 Å². The van der Waals surface area contributed by atoms with E-state index in [1.165, 1.54) is 18.4 Å². The Morgan fingerprint density at radius 1 is 1.26 bits per heavy atom. The van der Waals surface area contributed by atoms with Crippen molar-refractivity contribution in [1.29, 1.82) is 0 Å². The van der Waals surface area contributed by atoms with E-state index < -0.39 is 0 Å². The zero-order valence-corrected chi connectivity index (χ0v) is 13.5. The van der Waals surface area contributed by atoms with E-state index in [0.717, 1.165) is 25.9 Å². The number of urea groups is 1. The normalized spacial score (nSPS) is 18.8. The van der Waals surface area contributed by atoms with E-state index in [2.05, 4.69) is 22.8 Å². The number of carbonyl (C=O) groups is 2. The number of nitrogens with zero attached hydrogens (tertiary/aromatic N) is 1. The Morgan fingerprint density at radius 2 is 2.04 bits per heavy atom. The van der Waals surface area contributed by atoms with Gasteiger partial charge in [0.2, 0.25) is 5.91 Å². The van der Waals surface area contributed by atoms with Crippen molar-refractivity contribution in [2.75, 3.05) is 19.6 Å². The summed E-state index contributed by atoms with van der Waals surface area (Å²) in [5, 5.41) is 6.02. The second-order valence-corrected chi connectivity index (χ2v) is 6.46. The van der Waals surface area contributed by atoms with E-state index in [1.54, 1.807) is 0 Å². The number of hydrogen-bond acceptors (Lipinski definition) is 2. The molecule has 0 bridgehead atoms. The van der Waals surface area contributed by atoms with Crippen LogP contribution in [0.1, 0.15) is 43.7 Å². The Morgan fingerprint density at radius 3 is 2.70 bits per heavy atom. The highest BCUT2D eigenvalue weighted by Crippen LogP contribution is 2.40. The van der Waals surface area contributed by atoms with Gasteiger partial charge in [-0.05, 0) is 37.2 Å². The summed E-state index contributed by atoms with van der Waals surface area (Å²) < 4.78 is 0. The van der Waals surface area contributed by atoms with E-state index in [0.29, 0.717) is 18.9 Å². The van der Waals surface area contributed by atoms with Gasteiger partial charge in [0.1, 0.15) is 0 Å². The number of carbonyl (C=O) groups excluding carboxylic acids is 2. The number of hydrogen-bond donors (Lipinski definition) is 2. The first-order valence-electron chi connectivity index (χ1n) is 8.61. The fourth-order valence-electron chi connectivity index (χ4n) is 3.17. The summed E-state index contributed by atoms with van der Waals surface area (Å²) in [6, 6.07) is 10.2. The highest BCUT2D eigenvalue weighted by molar-refractivity contribution is 5.78. The van der Waals surface area contributed by atoms with E-state index in [-0.39, 0.29) is 18.0 Å². The molecule has 1 saturated heterocycles. The topological polar surface area (TPSA) is 61.4 Å². The lowest BCUT2D eigenvalue weighted by Gasteiger charge is -2.20. The molecule has 1 heterocycles. The summed E-state index contributed by atoms with van der Waals surface area (Å²) in [4.78, 5) is 25.5. The summed E-state index contributed by atoms with van der Waals surface area (Å²) in [5.41, 5.74) is 1.17. The van der Waals surface area contributed by atoms with Gasteiger partial charge in [-0.3, -0.25) is 4.79 Å². The quantitative estimate of drug-likeness (QED) is 0.759. The molecule has 1 atom stereocenters. The van der Waals surface area contributed by atoms with E-state index in [4.69, 9.17) is 0 Å². The molecule has 0 aromatic heterocycles. The minimum atomic E-state index is -0.112. The Balaban J connectivity index is 1.40. The zero-order valence-electron chi connectivity index (χ0n) is 13.5. The minimum absolute atomic E-state index is 0.108. The van der Waals surface area contributed by atoms with Crippen molar-refractivity contribution >= 4 is 11.9 Å². The maximum atomic E-state index is 12.1. The molecule has 23 heavy (non-hydrogen) atoms. The predicted molar refractivity (Wildman–Crippen MR) is 88.9 cm³/mol. The largest absolute Gasteiger partial charge is 0.343 e. The van der Waals surface area contributed by atoms with Crippen molar-refractivity contribution < 1.29 is 9.59 Å². The first-order valence-corrected chi connectivity index (χ1v) is 8.61. The molecule has 3 amide bonds. The lowest BCUT2D eigenvalue weighted by Crippen LogP contribution is -2.40. The molecule has 3 rings (SSSR count). The van der Waals surface area contributed by atoms with Crippen LogP contribution < -0.4 is 10.6 Å². The van der Waals surface area contributed by atoms with E-state index >= 15 is 0 Å². The summed E-state index contributed by atoms with van der Waals surface area (Å²) in [6.45, 7) is 2.20. The molecule has 0 spiro atoms. The van der Waals surface area contributed by atoms with E-state index in [1.807, 2.05) is 23.1 Å². The minimum Gasteiger partial charge on any atom is -0.343 e. The van der Waals surface area contributed by atoms with Crippen LogP contribution in [0.15, 0.2) is 30.3 Å². The Labute approximate surface area is 137 Å². The van der Waals surface area contributed by atoms with Crippen LogP contribution in [-0.2, 0) is 4.79 Å². The van der Waals surface area contributed by atoms with Gasteiger partial charge in [-0.1, -0.05) is 30.3 Å². The molecule has 5 heteroatoms. The van der Waals surface area contributed by atoms with Crippen LogP contribution in [-0.4, -0.2) is 36.5 Å². The third kappa shape index (κ3) is 4.47. The summed E-state index contributed by atoms with van der Waals surface area (Å²) >= 11 is 0. The smallest absolute Gasteiger partial charge is 0.315 e. The van der Waals surface area contributed by atoms with Gasteiger partial charge in [-0.25, -0.2) is 4.79 Å². The Bertz CT molecular complexity index is 542. The van der Waals surface area contributed by atoms with Gasteiger partial charge in [-0.15, -0.1) is 0 Å². The number of rotatable bonds is 7. The van der Waals surface area contributed by atoms with Crippen LogP contribution in [0.2, 0.25) is 0 Å². The van der Waals surface area contributed by atoms with Gasteiger partial charge in [0.05, 0.1) is 6.04 Å². The van der Waals surface area contributed by atoms with Crippen LogP contribution in [0.5, 0.6) is 0 Å². The molecular formula is C18H25N3O2. The lowest BCUT2D eigenvalue weighted by atomic mass is 10.0. The second kappa shape index (κ2) is 7.49. The molecule has 1 aromatic rings. The fraction of sp³-hybridized carbons (Fsp3) is 0.556. The molecule has 1 saturated carbocycles. The molecular weight excluding hydrogens is 290 g/mol. The lowest BCUT2D eigenvalue weighted by molar-refractivity contribution is -0.127. The molecule has 1 aliphatic heterocycles. The first-order chi connectivity index (χ1) is 11.2. The molecule has 2 aliphatic rings. The summed E-state index contributed by atoms with van der Waals surface area (Å²) in [6.07, 6.45) is 4.80. The number of nitrogens with one attached hydrogen (secondary N) is 2. The van der Waals surface area contributed by atoms with Crippen LogP contribution >= 0.6 is 0 Å². The average molecular weight is 315 g/mol. The maximum Gasteiger partial charge on any atom is 0.315 e. The van der Waals surface area contributed by atoms with Gasteiger partial charge in [0.25, 0.3) is 0 Å². The molecule has 2 N–H and O–H groups in total. The molecule has 1 aliphatic carbocycles. The molecule has 124 valence electrons. The van der Waals surface area contributed by atoms with Crippen LogP contribution in [0, 0.1) is 5.92 Å². The molecule has 0 radical (unpaired) electrons. The summed E-state index contributed by atoms with van der Waals surface area (Å²) in [5.74, 6) is 0.803. The van der Waals surface area contributed by atoms with Crippen LogP contribution in [0.3, 0.4) is 0 Å². The third-order valence-electron chi connectivity index (χ3n) is 4.60. The maximum absolute atomic E-state index is 12.1. The van der Waals surface area contributed by atoms with Crippen molar-refractivity contribution in [2.45, 2.75) is 38.1 Å². The van der Waals surface area contributed by atoms with Crippen molar-refractivity contribution in [3.05, 3.63) is 35.9 Å². The predicted octanol–water partition coefficient (Wildman–Crippen LogP) is 2.45. The Kier molecular flexibility index (Phi) is 5.16. The average Bonchev–Trinajstić information content (AvgIpc) is 3.33. The SMILES string of the molecule is O=C(NCCCN1CCCC1=O)N[C@@H](c1ccccc1)C1CC1. The number of benzene rings is 1. The summed E-state index contributed by atoms with van der Waals surface area (Å²) in [7, 11) is 0. The van der Waals surface area contributed by atoms with Crippen molar-refractivity contribution in [3.63, 3.8) is 0 Å². The standard InChI is InChI=1S/C18H25N3O2/c22-16-8-4-12-21(16)13-5-11-19-18(23)20-17(15-9-10-15)14-6-2-1-3-7-14/h1-3,6-7,15,17H,4-5,8-13H2,(H2,19,20,23)/t17-/m0/s1. The van der Waals surface area contributed by atoms with E-state index in [9.17, 15) is 9.59 Å². The van der Waals surface area contributed by atoms with Crippen LogP contribution in [0.25, 0.3) is 0 Å².